The number of piperazine rings is 2. The molecular weight excluding hydrogens is 248 g/mol. The number of likely N-dealkylation sites (N-methyl/N-ethyl adjacent to an activating group) is 1. The number of amides is 2. The average molecular weight is 270 g/mol. The number of rotatable bonds is 2. The number of hydrogen-bond acceptors (Lipinski definition) is 4. The Kier molecular flexibility index (Phi) is 4.60. The fraction of sp³-hybridized carbons (Fsp3) is 0.833. The molecule has 0 aromatic rings. The van der Waals surface area contributed by atoms with Crippen molar-refractivity contribution in [3.05, 3.63) is 0 Å². The molecule has 2 amide bonds. The van der Waals surface area contributed by atoms with Gasteiger partial charge in [0.2, 0.25) is 5.91 Å². The minimum absolute atomic E-state index is 0.0537. The fourth-order valence-electron chi connectivity index (χ4n) is 2.66. The number of carbonyl (C=O) groups excluding carboxylic acids is 1. The van der Waals surface area contributed by atoms with Gasteiger partial charge in [-0.15, -0.1) is 0 Å². The molecule has 2 N–H and O–H groups in total. The third-order valence-electron chi connectivity index (χ3n) is 3.87. The molecular formula is C12H22N4O3. The molecule has 0 aromatic carbocycles. The fourth-order valence-corrected chi connectivity index (χ4v) is 2.66. The van der Waals surface area contributed by atoms with Crippen molar-refractivity contribution in [2.75, 3.05) is 52.4 Å². The van der Waals surface area contributed by atoms with Crippen LogP contribution in [0, 0.1) is 0 Å². The van der Waals surface area contributed by atoms with Gasteiger partial charge in [-0.25, -0.2) is 4.79 Å². The third-order valence-corrected chi connectivity index (χ3v) is 3.87. The SMILES string of the molecule is CCN1CCN(C(=O)O)[C@@H](C(=O)N2CCNCC2)C1. The van der Waals surface area contributed by atoms with Crippen molar-refractivity contribution in [3.63, 3.8) is 0 Å². The van der Waals surface area contributed by atoms with Crippen molar-refractivity contribution < 1.29 is 14.7 Å². The number of nitrogens with zero attached hydrogens (tertiary/aromatic N) is 3. The minimum Gasteiger partial charge on any atom is -0.465 e. The lowest BCUT2D eigenvalue weighted by Crippen LogP contribution is -2.62. The molecule has 7 nitrogen and oxygen atoms in total. The van der Waals surface area contributed by atoms with Gasteiger partial charge in [0.15, 0.2) is 0 Å². The lowest BCUT2D eigenvalue weighted by molar-refractivity contribution is -0.139. The molecule has 0 spiro atoms. The highest BCUT2D eigenvalue weighted by Crippen LogP contribution is 2.13. The van der Waals surface area contributed by atoms with Crippen LogP contribution in [-0.4, -0.2) is 90.2 Å². The molecule has 2 heterocycles. The first-order valence-electron chi connectivity index (χ1n) is 6.85. The molecule has 0 saturated carbocycles. The molecule has 108 valence electrons. The van der Waals surface area contributed by atoms with E-state index in [0.717, 1.165) is 19.6 Å². The van der Waals surface area contributed by atoms with Crippen molar-refractivity contribution >= 4 is 12.0 Å². The lowest BCUT2D eigenvalue weighted by atomic mass is 10.1. The maximum absolute atomic E-state index is 12.5. The molecule has 19 heavy (non-hydrogen) atoms. The van der Waals surface area contributed by atoms with Crippen molar-refractivity contribution in [2.45, 2.75) is 13.0 Å². The Balaban J connectivity index is 2.07. The molecule has 2 aliphatic rings. The monoisotopic (exact) mass is 270 g/mol. The number of carbonyl (C=O) groups is 2. The van der Waals surface area contributed by atoms with E-state index >= 15 is 0 Å². The van der Waals surface area contributed by atoms with Gasteiger partial charge in [0.05, 0.1) is 0 Å². The highest BCUT2D eigenvalue weighted by Gasteiger charge is 2.37. The van der Waals surface area contributed by atoms with Crippen LogP contribution in [0.4, 0.5) is 4.79 Å². The minimum atomic E-state index is -0.996. The van der Waals surface area contributed by atoms with Gasteiger partial charge in [0.1, 0.15) is 6.04 Å². The lowest BCUT2D eigenvalue weighted by Gasteiger charge is -2.41. The molecule has 1 atom stereocenters. The molecule has 0 radical (unpaired) electrons. The van der Waals surface area contributed by atoms with Crippen molar-refractivity contribution in [1.29, 1.82) is 0 Å². The Labute approximate surface area is 113 Å². The summed E-state index contributed by atoms with van der Waals surface area (Å²) < 4.78 is 0. The van der Waals surface area contributed by atoms with Gasteiger partial charge in [-0.05, 0) is 6.54 Å². The number of carboxylic acid groups (broad SMARTS) is 1. The predicted molar refractivity (Wildman–Crippen MR) is 70.1 cm³/mol. The zero-order chi connectivity index (χ0) is 13.8. The zero-order valence-corrected chi connectivity index (χ0v) is 11.3. The van der Waals surface area contributed by atoms with Crippen LogP contribution in [0.1, 0.15) is 6.92 Å². The summed E-state index contributed by atoms with van der Waals surface area (Å²) in [5.41, 5.74) is 0. The average Bonchev–Trinajstić information content (AvgIpc) is 2.46. The Hall–Kier alpha value is -1.34. The van der Waals surface area contributed by atoms with E-state index in [-0.39, 0.29) is 5.91 Å². The Morgan fingerprint density at radius 2 is 1.89 bits per heavy atom. The van der Waals surface area contributed by atoms with Crippen LogP contribution in [0.2, 0.25) is 0 Å². The van der Waals surface area contributed by atoms with Gasteiger partial charge >= 0.3 is 6.09 Å². The smallest absolute Gasteiger partial charge is 0.408 e. The Bertz CT molecular complexity index is 344. The highest BCUT2D eigenvalue weighted by molar-refractivity contribution is 5.86. The van der Waals surface area contributed by atoms with E-state index in [1.54, 1.807) is 4.90 Å². The topological polar surface area (TPSA) is 76.1 Å². The van der Waals surface area contributed by atoms with Gasteiger partial charge in [-0.2, -0.15) is 0 Å². The Morgan fingerprint density at radius 3 is 2.47 bits per heavy atom. The maximum Gasteiger partial charge on any atom is 0.408 e. The van der Waals surface area contributed by atoms with Gasteiger partial charge in [-0.1, -0.05) is 6.92 Å². The van der Waals surface area contributed by atoms with Gasteiger partial charge < -0.3 is 15.3 Å². The van der Waals surface area contributed by atoms with E-state index in [1.165, 1.54) is 4.90 Å². The molecule has 0 unspecified atom stereocenters. The number of nitrogens with one attached hydrogen (secondary N) is 1. The van der Waals surface area contributed by atoms with Crippen molar-refractivity contribution in [1.82, 2.24) is 20.0 Å². The van der Waals surface area contributed by atoms with Crippen LogP contribution in [0.5, 0.6) is 0 Å². The van der Waals surface area contributed by atoms with E-state index < -0.39 is 12.1 Å². The molecule has 0 aromatic heterocycles. The maximum atomic E-state index is 12.5. The molecule has 2 saturated heterocycles. The molecule has 0 bridgehead atoms. The van der Waals surface area contributed by atoms with Crippen molar-refractivity contribution in [3.8, 4) is 0 Å². The third kappa shape index (κ3) is 3.16. The quantitative estimate of drug-likeness (QED) is 0.680. The largest absolute Gasteiger partial charge is 0.465 e. The van der Waals surface area contributed by atoms with Crippen LogP contribution in [0.15, 0.2) is 0 Å². The molecule has 7 heteroatoms. The second kappa shape index (κ2) is 6.21. The predicted octanol–water partition coefficient (Wildman–Crippen LogP) is -0.898. The summed E-state index contributed by atoms with van der Waals surface area (Å²) >= 11 is 0. The van der Waals surface area contributed by atoms with Crippen LogP contribution in [0.25, 0.3) is 0 Å². The first-order chi connectivity index (χ1) is 9.13. The zero-order valence-electron chi connectivity index (χ0n) is 11.3. The van der Waals surface area contributed by atoms with Crippen molar-refractivity contribution in [2.24, 2.45) is 0 Å². The standard InChI is InChI=1S/C12H22N4O3/c1-2-14-7-8-16(12(18)19)10(9-14)11(17)15-5-3-13-4-6-15/h10,13H,2-9H2,1H3,(H,18,19)/t10-/m1/s1. The molecule has 2 aliphatic heterocycles. The summed E-state index contributed by atoms with van der Waals surface area (Å²) in [7, 11) is 0. The number of hydrogen-bond donors (Lipinski definition) is 2. The van der Waals surface area contributed by atoms with Crippen LogP contribution < -0.4 is 5.32 Å². The molecule has 2 fully saturated rings. The van der Waals surface area contributed by atoms with Gasteiger partial charge in [0, 0.05) is 45.8 Å². The summed E-state index contributed by atoms with van der Waals surface area (Å²) in [6.45, 7) is 7.38. The van der Waals surface area contributed by atoms with Crippen LogP contribution in [-0.2, 0) is 4.79 Å². The second-order valence-corrected chi connectivity index (χ2v) is 4.96. The summed E-state index contributed by atoms with van der Waals surface area (Å²) in [6.07, 6.45) is -0.996. The first-order valence-corrected chi connectivity index (χ1v) is 6.85. The first kappa shape index (κ1) is 14.1. The van der Waals surface area contributed by atoms with Crippen LogP contribution in [0.3, 0.4) is 0 Å². The Morgan fingerprint density at radius 1 is 1.21 bits per heavy atom. The summed E-state index contributed by atoms with van der Waals surface area (Å²) in [5, 5.41) is 12.4. The summed E-state index contributed by atoms with van der Waals surface area (Å²) in [5.74, 6) is -0.0537. The summed E-state index contributed by atoms with van der Waals surface area (Å²) in [4.78, 5) is 29.0. The van der Waals surface area contributed by atoms with E-state index in [1.807, 2.05) is 6.92 Å². The van der Waals surface area contributed by atoms with Gasteiger partial charge in [-0.3, -0.25) is 14.6 Å². The van der Waals surface area contributed by atoms with E-state index in [9.17, 15) is 14.7 Å². The van der Waals surface area contributed by atoms with E-state index in [4.69, 9.17) is 0 Å². The summed E-state index contributed by atoms with van der Waals surface area (Å²) in [6, 6.07) is -0.552. The highest BCUT2D eigenvalue weighted by atomic mass is 16.4. The van der Waals surface area contributed by atoms with E-state index in [2.05, 4.69) is 10.2 Å². The molecule has 0 aliphatic carbocycles. The molecule has 2 rings (SSSR count). The van der Waals surface area contributed by atoms with Gasteiger partial charge in [0.25, 0.3) is 0 Å². The van der Waals surface area contributed by atoms with Crippen LogP contribution >= 0.6 is 0 Å². The second-order valence-electron chi connectivity index (χ2n) is 4.96. The van der Waals surface area contributed by atoms with E-state index in [0.29, 0.717) is 32.7 Å². The normalized spacial score (nSPS) is 25.4.